The van der Waals surface area contributed by atoms with Crippen LogP contribution in [0.2, 0.25) is 0 Å². The van der Waals surface area contributed by atoms with E-state index in [1.807, 2.05) is 68.4 Å². The zero-order valence-corrected chi connectivity index (χ0v) is 16.8. The maximum Gasteiger partial charge on any atom is 0.257 e. The summed E-state index contributed by atoms with van der Waals surface area (Å²) in [5, 5.41) is 2.91. The van der Waals surface area contributed by atoms with E-state index >= 15 is 0 Å². The van der Waals surface area contributed by atoms with Gasteiger partial charge in [0.15, 0.2) is 0 Å². The van der Waals surface area contributed by atoms with Crippen molar-refractivity contribution < 1.29 is 9.53 Å². The minimum absolute atomic E-state index is 0.177. The molecule has 0 bridgehead atoms. The lowest BCUT2D eigenvalue weighted by Gasteiger charge is -2.10. The second-order valence-electron chi connectivity index (χ2n) is 5.83. The summed E-state index contributed by atoms with van der Waals surface area (Å²) in [4.78, 5) is 17.0. The van der Waals surface area contributed by atoms with E-state index in [0.29, 0.717) is 17.0 Å². The molecule has 1 amide bonds. The smallest absolute Gasteiger partial charge is 0.257 e. The van der Waals surface area contributed by atoms with Crippen LogP contribution in [0.4, 0.5) is 5.69 Å². The summed E-state index contributed by atoms with van der Waals surface area (Å²) in [6, 6.07) is 18.9. The van der Waals surface area contributed by atoms with Gasteiger partial charge in [-0.25, -0.2) is 0 Å². The van der Waals surface area contributed by atoms with Crippen molar-refractivity contribution in [3.63, 3.8) is 0 Å². The molecule has 0 fully saturated rings. The molecule has 0 saturated carbocycles. The number of benzene rings is 2. The van der Waals surface area contributed by atoms with E-state index in [1.54, 1.807) is 6.07 Å². The molecule has 1 N–H and O–H groups in total. The summed E-state index contributed by atoms with van der Waals surface area (Å²) in [6.07, 6.45) is 0.848. The van der Waals surface area contributed by atoms with Crippen LogP contribution in [0.5, 0.6) is 11.5 Å². The number of amides is 1. The first-order valence-corrected chi connectivity index (χ1v) is 9.44. The van der Waals surface area contributed by atoms with Gasteiger partial charge < -0.3 is 10.1 Å². The highest BCUT2D eigenvalue weighted by atomic mass is 127. The minimum atomic E-state index is -0.177. The van der Waals surface area contributed by atoms with Crippen molar-refractivity contribution in [1.29, 1.82) is 0 Å². The van der Waals surface area contributed by atoms with Crippen molar-refractivity contribution in [1.82, 2.24) is 4.98 Å². The highest BCUT2D eigenvalue weighted by Gasteiger charge is 2.11. The number of pyridine rings is 1. The summed E-state index contributed by atoms with van der Waals surface area (Å²) >= 11 is 2.24. The molecule has 1 aromatic heterocycles. The first-order chi connectivity index (χ1) is 12.5. The average molecular weight is 458 g/mol. The van der Waals surface area contributed by atoms with E-state index in [1.165, 1.54) is 0 Å². The van der Waals surface area contributed by atoms with Crippen LogP contribution in [0.3, 0.4) is 0 Å². The fourth-order valence-corrected chi connectivity index (χ4v) is 3.07. The number of hydrogen-bond acceptors (Lipinski definition) is 3. The number of nitrogens with one attached hydrogen (secondary N) is 1. The molecule has 132 valence electrons. The van der Waals surface area contributed by atoms with Crippen molar-refractivity contribution in [2.45, 2.75) is 20.3 Å². The lowest BCUT2D eigenvalue weighted by molar-refractivity contribution is 0.102. The molecule has 26 heavy (non-hydrogen) atoms. The van der Waals surface area contributed by atoms with Crippen LogP contribution in [-0.2, 0) is 6.42 Å². The summed E-state index contributed by atoms with van der Waals surface area (Å²) in [5.74, 6) is 1.25. The predicted molar refractivity (Wildman–Crippen MR) is 112 cm³/mol. The van der Waals surface area contributed by atoms with Gasteiger partial charge >= 0.3 is 0 Å². The number of ether oxygens (including phenoxy) is 1. The van der Waals surface area contributed by atoms with Crippen molar-refractivity contribution in [3.05, 3.63) is 81.2 Å². The first kappa shape index (κ1) is 18.4. The number of nitrogens with zero attached hydrogens (tertiary/aromatic N) is 1. The fraction of sp³-hybridized carbons (Fsp3) is 0.143. The Balaban J connectivity index is 1.75. The first-order valence-electron chi connectivity index (χ1n) is 8.36. The van der Waals surface area contributed by atoms with E-state index in [9.17, 15) is 4.79 Å². The fourth-order valence-electron chi connectivity index (χ4n) is 2.55. The third kappa shape index (κ3) is 4.60. The number of halogens is 1. The summed E-state index contributed by atoms with van der Waals surface area (Å²) < 4.78 is 6.97. The number of carbonyl (C=O) groups is 1. The number of aryl methyl sites for hydroxylation is 2. The van der Waals surface area contributed by atoms with Gasteiger partial charge in [-0.1, -0.05) is 19.1 Å². The second kappa shape index (κ2) is 8.31. The van der Waals surface area contributed by atoms with E-state index < -0.39 is 0 Å². The van der Waals surface area contributed by atoms with Gasteiger partial charge in [0.25, 0.3) is 5.91 Å². The quantitative estimate of drug-likeness (QED) is 0.507. The molecule has 4 nitrogen and oxygen atoms in total. The van der Waals surface area contributed by atoms with Gasteiger partial charge in [0.1, 0.15) is 11.5 Å². The second-order valence-corrected chi connectivity index (χ2v) is 7.08. The lowest BCUT2D eigenvalue weighted by atomic mass is 10.1. The van der Waals surface area contributed by atoms with Crippen LogP contribution >= 0.6 is 22.6 Å². The highest BCUT2D eigenvalue weighted by molar-refractivity contribution is 14.1. The van der Waals surface area contributed by atoms with Crippen molar-refractivity contribution >= 4 is 34.2 Å². The largest absolute Gasteiger partial charge is 0.457 e. The summed E-state index contributed by atoms with van der Waals surface area (Å²) in [6.45, 7) is 3.89. The molecule has 1 heterocycles. The van der Waals surface area contributed by atoms with Crippen molar-refractivity contribution in [2.75, 3.05) is 5.32 Å². The van der Waals surface area contributed by atoms with Gasteiger partial charge in [-0.15, -0.1) is 0 Å². The van der Waals surface area contributed by atoms with Crippen LogP contribution in [0, 0.1) is 10.5 Å². The predicted octanol–water partition coefficient (Wildman–Crippen LogP) is 5.60. The molecule has 0 saturated heterocycles. The lowest BCUT2D eigenvalue weighted by Crippen LogP contribution is -2.14. The molecular weight excluding hydrogens is 439 g/mol. The van der Waals surface area contributed by atoms with Gasteiger partial charge in [-0.3, -0.25) is 9.78 Å². The Kier molecular flexibility index (Phi) is 5.88. The Labute approximate surface area is 166 Å². The minimum Gasteiger partial charge on any atom is -0.457 e. The Morgan fingerprint density at radius 3 is 2.50 bits per heavy atom. The van der Waals surface area contributed by atoms with Gasteiger partial charge in [0.05, 0.1) is 11.3 Å². The normalized spacial score (nSPS) is 10.4. The molecule has 3 aromatic rings. The molecule has 0 aliphatic heterocycles. The molecule has 0 radical (unpaired) electrons. The molecule has 0 aliphatic rings. The van der Waals surface area contributed by atoms with Crippen LogP contribution in [0.25, 0.3) is 0 Å². The van der Waals surface area contributed by atoms with Gasteiger partial charge in [0.2, 0.25) is 0 Å². The van der Waals surface area contributed by atoms with E-state index in [2.05, 4.69) is 32.9 Å². The number of hydrogen-bond donors (Lipinski definition) is 1. The number of carbonyl (C=O) groups excluding carboxylic acids is 1. The van der Waals surface area contributed by atoms with Crippen LogP contribution < -0.4 is 10.1 Å². The topological polar surface area (TPSA) is 51.2 Å². The average Bonchev–Trinajstić information content (AvgIpc) is 2.61. The number of rotatable bonds is 5. The maximum absolute atomic E-state index is 12.6. The van der Waals surface area contributed by atoms with Crippen molar-refractivity contribution in [2.24, 2.45) is 0 Å². The standard InChI is InChI=1S/C21H19IN2O2/c1-3-16-10-11-20(14(2)23-16)21(25)24-17-7-5-9-19(13-17)26-18-8-4-6-15(22)12-18/h4-13H,3H2,1-2H3,(H,24,25). The number of aromatic nitrogens is 1. The Morgan fingerprint density at radius 2 is 1.81 bits per heavy atom. The van der Waals surface area contributed by atoms with Crippen LogP contribution in [-0.4, -0.2) is 10.9 Å². The highest BCUT2D eigenvalue weighted by Crippen LogP contribution is 2.25. The van der Waals surface area contributed by atoms with Gasteiger partial charge in [-0.2, -0.15) is 0 Å². The van der Waals surface area contributed by atoms with E-state index in [-0.39, 0.29) is 5.91 Å². The molecule has 0 atom stereocenters. The third-order valence-corrected chi connectivity index (χ3v) is 4.55. The van der Waals surface area contributed by atoms with E-state index in [0.717, 1.165) is 27.1 Å². The molecule has 0 spiro atoms. The molecular formula is C21H19IN2O2. The molecule has 5 heteroatoms. The van der Waals surface area contributed by atoms with Gasteiger partial charge in [0, 0.05) is 21.0 Å². The van der Waals surface area contributed by atoms with E-state index in [4.69, 9.17) is 4.74 Å². The SMILES string of the molecule is CCc1ccc(C(=O)Nc2cccc(Oc3cccc(I)c3)c2)c(C)n1. The van der Waals surface area contributed by atoms with Crippen LogP contribution in [0.15, 0.2) is 60.7 Å². The maximum atomic E-state index is 12.6. The van der Waals surface area contributed by atoms with Crippen LogP contribution in [0.1, 0.15) is 28.7 Å². The Morgan fingerprint density at radius 1 is 1.08 bits per heavy atom. The molecule has 0 aliphatic carbocycles. The third-order valence-electron chi connectivity index (χ3n) is 3.87. The van der Waals surface area contributed by atoms with Gasteiger partial charge in [-0.05, 0) is 78.4 Å². The molecule has 2 aromatic carbocycles. The Bertz CT molecular complexity index is 941. The molecule has 3 rings (SSSR count). The van der Waals surface area contributed by atoms with Crippen molar-refractivity contribution in [3.8, 4) is 11.5 Å². The summed E-state index contributed by atoms with van der Waals surface area (Å²) in [7, 11) is 0. The number of anilines is 1. The molecule has 0 unspecified atom stereocenters. The zero-order chi connectivity index (χ0) is 18.5. The zero-order valence-electron chi connectivity index (χ0n) is 14.6. The Hall–Kier alpha value is -2.41. The monoisotopic (exact) mass is 458 g/mol. The summed E-state index contributed by atoms with van der Waals surface area (Å²) in [5.41, 5.74) is 2.96.